The summed E-state index contributed by atoms with van der Waals surface area (Å²) < 4.78 is 2.30. The average Bonchev–Trinajstić information content (AvgIpc) is 2.83. The van der Waals surface area contributed by atoms with Crippen molar-refractivity contribution < 1.29 is 5.11 Å². The number of aromatic nitrogens is 4. The molecule has 2 heterocycles. The third kappa shape index (κ3) is 2.54. The second-order valence-corrected chi connectivity index (χ2v) is 5.57. The topological polar surface area (TPSA) is 63.8 Å². The normalized spacial score (nSPS) is 10.9. The van der Waals surface area contributed by atoms with E-state index in [1.165, 1.54) is 23.1 Å². The van der Waals surface area contributed by atoms with Gasteiger partial charge in [-0.2, -0.15) is 0 Å². The van der Waals surface area contributed by atoms with Crippen molar-refractivity contribution in [3.63, 3.8) is 0 Å². The SMILES string of the molecule is Cn1c(CO)cnc1SCc1nnc(Cl)s1. The largest absolute Gasteiger partial charge is 0.390 e. The molecule has 0 spiro atoms. The average molecular weight is 277 g/mol. The molecule has 0 radical (unpaired) electrons. The first-order valence-electron chi connectivity index (χ1n) is 4.43. The third-order valence-corrected chi connectivity index (χ3v) is 4.23. The van der Waals surface area contributed by atoms with Crippen LogP contribution >= 0.6 is 34.7 Å². The van der Waals surface area contributed by atoms with E-state index in [0.717, 1.165) is 15.9 Å². The fraction of sp³-hybridized carbons (Fsp3) is 0.375. The molecule has 0 amide bonds. The van der Waals surface area contributed by atoms with Crippen LogP contribution < -0.4 is 0 Å². The molecule has 16 heavy (non-hydrogen) atoms. The van der Waals surface area contributed by atoms with Crippen molar-refractivity contribution in [2.24, 2.45) is 7.05 Å². The molecule has 86 valence electrons. The fourth-order valence-electron chi connectivity index (χ4n) is 1.12. The molecule has 0 aliphatic heterocycles. The quantitative estimate of drug-likeness (QED) is 0.862. The van der Waals surface area contributed by atoms with Gasteiger partial charge in [0.1, 0.15) is 5.01 Å². The second-order valence-electron chi connectivity index (χ2n) is 2.99. The summed E-state index contributed by atoms with van der Waals surface area (Å²) >= 11 is 8.58. The molecule has 0 aliphatic carbocycles. The Balaban J connectivity index is 2.02. The number of aliphatic hydroxyl groups excluding tert-OH is 1. The first kappa shape index (κ1) is 11.8. The maximum absolute atomic E-state index is 9.01. The van der Waals surface area contributed by atoms with E-state index in [9.17, 15) is 0 Å². The molecule has 0 bridgehead atoms. The summed E-state index contributed by atoms with van der Waals surface area (Å²) in [5.74, 6) is 0.681. The molecule has 2 aromatic rings. The van der Waals surface area contributed by atoms with Gasteiger partial charge in [-0.15, -0.1) is 10.2 Å². The Kier molecular flexibility index (Phi) is 3.80. The van der Waals surface area contributed by atoms with Crippen LogP contribution in [0.25, 0.3) is 0 Å². The molecule has 1 N–H and O–H groups in total. The van der Waals surface area contributed by atoms with Gasteiger partial charge in [-0.1, -0.05) is 23.1 Å². The van der Waals surface area contributed by atoms with Crippen LogP contribution in [0, 0.1) is 0 Å². The molecule has 0 saturated carbocycles. The molecule has 2 rings (SSSR count). The number of halogens is 1. The van der Waals surface area contributed by atoms with Crippen LogP contribution in [0.4, 0.5) is 0 Å². The fourth-order valence-corrected chi connectivity index (χ4v) is 2.95. The Morgan fingerprint density at radius 2 is 2.38 bits per heavy atom. The second kappa shape index (κ2) is 5.13. The summed E-state index contributed by atoms with van der Waals surface area (Å²) in [6.45, 7) is -0.00526. The summed E-state index contributed by atoms with van der Waals surface area (Å²) in [4.78, 5) is 4.20. The third-order valence-electron chi connectivity index (χ3n) is 1.97. The Hall–Kier alpha value is -0.630. The highest BCUT2D eigenvalue weighted by atomic mass is 35.5. The zero-order valence-corrected chi connectivity index (χ0v) is 10.8. The number of nitrogens with zero attached hydrogens (tertiary/aromatic N) is 4. The van der Waals surface area contributed by atoms with Crippen molar-refractivity contribution >= 4 is 34.7 Å². The van der Waals surface area contributed by atoms with Crippen LogP contribution in [0.1, 0.15) is 10.7 Å². The minimum atomic E-state index is -0.00526. The van der Waals surface area contributed by atoms with Crippen LogP contribution in [0.5, 0.6) is 0 Å². The predicted molar refractivity (Wildman–Crippen MR) is 63.6 cm³/mol. The Labute approximate surface area is 105 Å². The van der Waals surface area contributed by atoms with Gasteiger partial charge in [0, 0.05) is 7.05 Å². The van der Waals surface area contributed by atoms with Gasteiger partial charge in [-0.25, -0.2) is 4.98 Å². The molecule has 5 nitrogen and oxygen atoms in total. The van der Waals surface area contributed by atoms with Crippen LogP contribution in [-0.2, 0) is 19.4 Å². The van der Waals surface area contributed by atoms with E-state index in [1.807, 2.05) is 11.6 Å². The van der Waals surface area contributed by atoms with Crippen molar-refractivity contribution in [2.45, 2.75) is 17.5 Å². The van der Waals surface area contributed by atoms with Crippen LogP contribution in [0.15, 0.2) is 11.4 Å². The Morgan fingerprint density at radius 3 is 2.94 bits per heavy atom. The first-order valence-corrected chi connectivity index (χ1v) is 6.61. The lowest BCUT2D eigenvalue weighted by atomic mass is 10.5. The van der Waals surface area contributed by atoms with E-state index in [1.54, 1.807) is 6.20 Å². The number of aliphatic hydroxyl groups is 1. The van der Waals surface area contributed by atoms with Gasteiger partial charge in [0.25, 0.3) is 0 Å². The molecule has 0 fully saturated rings. The predicted octanol–water partition coefficient (Wildman–Crippen LogP) is 1.71. The standard InChI is InChI=1S/C8H9ClN4OS2/c1-13-5(3-14)2-10-8(13)15-4-6-11-12-7(9)16-6/h2,14H,3-4H2,1H3. The molecule has 0 atom stereocenters. The van der Waals surface area contributed by atoms with E-state index in [2.05, 4.69) is 15.2 Å². The minimum absolute atomic E-state index is 0.00526. The summed E-state index contributed by atoms with van der Waals surface area (Å²) in [6, 6.07) is 0. The van der Waals surface area contributed by atoms with Crippen molar-refractivity contribution in [1.29, 1.82) is 0 Å². The number of hydrogen-bond acceptors (Lipinski definition) is 6. The number of thioether (sulfide) groups is 1. The zero-order chi connectivity index (χ0) is 11.5. The first-order chi connectivity index (χ1) is 7.70. The van der Waals surface area contributed by atoms with E-state index in [0.29, 0.717) is 10.2 Å². The van der Waals surface area contributed by atoms with Gasteiger partial charge in [0.15, 0.2) is 5.16 Å². The Bertz CT molecular complexity index is 484. The number of hydrogen-bond donors (Lipinski definition) is 1. The summed E-state index contributed by atoms with van der Waals surface area (Å²) in [5, 5.41) is 18.4. The zero-order valence-electron chi connectivity index (χ0n) is 8.42. The summed E-state index contributed by atoms with van der Waals surface area (Å²) in [6.07, 6.45) is 1.66. The van der Waals surface area contributed by atoms with Gasteiger partial charge >= 0.3 is 0 Å². The van der Waals surface area contributed by atoms with Crippen LogP contribution in [-0.4, -0.2) is 24.9 Å². The maximum Gasteiger partial charge on any atom is 0.207 e. The van der Waals surface area contributed by atoms with Gasteiger partial charge in [-0.3, -0.25) is 0 Å². The lowest BCUT2D eigenvalue weighted by Gasteiger charge is -2.01. The lowest BCUT2D eigenvalue weighted by molar-refractivity contribution is 0.271. The molecular formula is C8H9ClN4OS2. The minimum Gasteiger partial charge on any atom is -0.390 e. The van der Waals surface area contributed by atoms with Crippen LogP contribution in [0.2, 0.25) is 4.47 Å². The smallest absolute Gasteiger partial charge is 0.207 e. The maximum atomic E-state index is 9.01. The Morgan fingerprint density at radius 1 is 1.56 bits per heavy atom. The summed E-state index contributed by atoms with van der Waals surface area (Å²) in [7, 11) is 1.87. The highest BCUT2D eigenvalue weighted by molar-refractivity contribution is 7.98. The molecular weight excluding hydrogens is 268 g/mol. The van der Waals surface area contributed by atoms with Gasteiger partial charge in [0.05, 0.1) is 24.3 Å². The number of rotatable bonds is 4. The lowest BCUT2D eigenvalue weighted by Crippen LogP contribution is -1.97. The van der Waals surface area contributed by atoms with Crippen molar-refractivity contribution in [1.82, 2.24) is 19.7 Å². The molecule has 0 aromatic carbocycles. The van der Waals surface area contributed by atoms with E-state index in [-0.39, 0.29) is 6.61 Å². The van der Waals surface area contributed by atoms with E-state index in [4.69, 9.17) is 16.7 Å². The monoisotopic (exact) mass is 276 g/mol. The van der Waals surface area contributed by atoms with E-state index >= 15 is 0 Å². The molecule has 2 aromatic heterocycles. The van der Waals surface area contributed by atoms with Crippen molar-refractivity contribution in [3.05, 3.63) is 21.4 Å². The van der Waals surface area contributed by atoms with Crippen LogP contribution in [0.3, 0.4) is 0 Å². The van der Waals surface area contributed by atoms with Gasteiger partial charge in [-0.05, 0) is 11.6 Å². The van der Waals surface area contributed by atoms with Crippen molar-refractivity contribution in [2.75, 3.05) is 0 Å². The molecule has 8 heteroatoms. The summed E-state index contributed by atoms with van der Waals surface area (Å²) in [5.41, 5.74) is 0.790. The van der Waals surface area contributed by atoms with E-state index < -0.39 is 0 Å². The highest BCUT2D eigenvalue weighted by Crippen LogP contribution is 2.25. The van der Waals surface area contributed by atoms with Gasteiger partial charge in [0.2, 0.25) is 4.47 Å². The number of imidazole rings is 1. The van der Waals surface area contributed by atoms with Gasteiger partial charge < -0.3 is 9.67 Å². The molecule has 0 saturated heterocycles. The van der Waals surface area contributed by atoms with Crippen molar-refractivity contribution in [3.8, 4) is 0 Å². The highest BCUT2D eigenvalue weighted by Gasteiger charge is 2.08. The molecule has 0 aliphatic rings. The molecule has 0 unspecified atom stereocenters.